The molecule has 168 valence electrons. The smallest absolute Gasteiger partial charge is 0.196 e. The summed E-state index contributed by atoms with van der Waals surface area (Å²) in [6.07, 6.45) is 0. The maximum absolute atomic E-state index is 5.58. The topological polar surface area (TPSA) is 81.9 Å². The monoisotopic (exact) mass is 531 g/mol. The Kier molecular flexibility index (Phi) is 11.6. The van der Waals surface area contributed by atoms with Crippen LogP contribution in [0.15, 0.2) is 23.2 Å². The van der Waals surface area contributed by atoms with Gasteiger partial charge in [-0.15, -0.1) is 24.0 Å². The lowest BCUT2D eigenvalue weighted by atomic mass is 10.2. The molecule has 0 saturated carbocycles. The lowest BCUT2D eigenvalue weighted by Gasteiger charge is -2.14. The standard InChI is InChI=1S/C21H33N5O3.HI/c1-7-22-21(24-17-9-10-19(29-8-2)20(13-17)28-6)23-14-18-15(3)25-26(16(18)4)11-12-27-5;/h9-10,13H,7-8,11-12,14H2,1-6H3,(H2,22,23,24);1H. The van der Waals surface area contributed by atoms with Crippen LogP contribution < -0.4 is 20.1 Å². The van der Waals surface area contributed by atoms with Crippen LogP contribution in [-0.2, 0) is 17.8 Å². The van der Waals surface area contributed by atoms with E-state index in [1.54, 1.807) is 14.2 Å². The third kappa shape index (κ3) is 7.05. The van der Waals surface area contributed by atoms with E-state index in [-0.39, 0.29) is 24.0 Å². The van der Waals surface area contributed by atoms with Crippen molar-refractivity contribution in [1.29, 1.82) is 0 Å². The number of aliphatic imine (C=N–C) groups is 1. The summed E-state index contributed by atoms with van der Waals surface area (Å²) in [5, 5.41) is 11.2. The van der Waals surface area contributed by atoms with Crippen molar-refractivity contribution < 1.29 is 14.2 Å². The molecule has 0 aliphatic carbocycles. The quantitative estimate of drug-likeness (QED) is 0.276. The number of aryl methyl sites for hydroxylation is 1. The van der Waals surface area contributed by atoms with Gasteiger partial charge >= 0.3 is 0 Å². The van der Waals surface area contributed by atoms with E-state index in [2.05, 4.69) is 22.7 Å². The van der Waals surface area contributed by atoms with Gasteiger partial charge in [-0.25, -0.2) is 4.99 Å². The summed E-state index contributed by atoms with van der Waals surface area (Å²) < 4.78 is 18.1. The van der Waals surface area contributed by atoms with E-state index in [9.17, 15) is 0 Å². The molecular weight excluding hydrogens is 497 g/mol. The van der Waals surface area contributed by atoms with E-state index in [4.69, 9.17) is 19.2 Å². The van der Waals surface area contributed by atoms with Gasteiger partial charge in [0.25, 0.3) is 0 Å². The van der Waals surface area contributed by atoms with Crippen LogP contribution in [0.5, 0.6) is 11.5 Å². The predicted molar refractivity (Wildman–Crippen MR) is 132 cm³/mol. The number of methoxy groups -OCH3 is 2. The van der Waals surface area contributed by atoms with Gasteiger partial charge in [0.05, 0.1) is 39.1 Å². The van der Waals surface area contributed by atoms with Crippen molar-refractivity contribution in [3.8, 4) is 11.5 Å². The van der Waals surface area contributed by atoms with E-state index in [0.717, 1.165) is 41.5 Å². The summed E-state index contributed by atoms with van der Waals surface area (Å²) in [6.45, 7) is 11.3. The highest BCUT2D eigenvalue weighted by atomic mass is 127. The molecule has 0 spiro atoms. The van der Waals surface area contributed by atoms with Crippen LogP contribution >= 0.6 is 24.0 Å². The summed E-state index contributed by atoms with van der Waals surface area (Å²) in [5.74, 6) is 2.10. The fourth-order valence-corrected chi connectivity index (χ4v) is 2.98. The third-order valence-electron chi connectivity index (χ3n) is 4.50. The zero-order valence-electron chi connectivity index (χ0n) is 18.7. The van der Waals surface area contributed by atoms with Gasteiger partial charge in [0.2, 0.25) is 0 Å². The van der Waals surface area contributed by atoms with Gasteiger partial charge in [-0.1, -0.05) is 0 Å². The average Bonchev–Trinajstić information content (AvgIpc) is 2.98. The number of aromatic nitrogens is 2. The molecule has 0 aliphatic rings. The first kappa shape index (κ1) is 26.0. The highest BCUT2D eigenvalue weighted by Gasteiger charge is 2.12. The number of nitrogens with zero attached hydrogens (tertiary/aromatic N) is 3. The van der Waals surface area contributed by atoms with Crippen molar-refractivity contribution in [3.05, 3.63) is 35.2 Å². The number of benzene rings is 1. The van der Waals surface area contributed by atoms with Crippen molar-refractivity contribution in [3.63, 3.8) is 0 Å². The number of hydrogen-bond acceptors (Lipinski definition) is 5. The molecule has 0 unspecified atom stereocenters. The maximum Gasteiger partial charge on any atom is 0.196 e. The summed E-state index contributed by atoms with van der Waals surface area (Å²) in [6, 6.07) is 5.74. The maximum atomic E-state index is 5.58. The SMILES string of the molecule is CCNC(=NCc1c(C)nn(CCOC)c1C)Nc1ccc(OCC)c(OC)c1.I. The first-order chi connectivity index (χ1) is 14.0. The van der Waals surface area contributed by atoms with Crippen molar-refractivity contribution >= 4 is 35.6 Å². The summed E-state index contributed by atoms with van der Waals surface area (Å²) >= 11 is 0. The Morgan fingerprint density at radius 1 is 1.17 bits per heavy atom. The summed E-state index contributed by atoms with van der Waals surface area (Å²) in [5.41, 5.74) is 4.10. The van der Waals surface area contributed by atoms with Gasteiger partial charge < -0.3 is 24.8 Å². The number of anilines is 1. The molecule has 0 bridgehead atoms. The molecule has 2 N–H and O–H groups in total. The van der Waals surface area contributed by atoms with Crippen LogP contribution in [0.4, 0.5) is 5.69 Å². The van der Waals surface area contributed by atoms with Gasteiger partial charge in [-0.3, -0.25) is 4.68 Å². The molecule has 9 heteroatoms. The van der Waals surface area contributed by atoms with Gasteiger partial charge in [0.1, 0.15) is 0 Å². The Balaban J connectivity index is 0.00000450. The summed E-state index contributed by atoms with van der Waals surface area (Å²) in [4.78, 5) is 4.75. The molecule has 0 aliphatic heterocycles. The average molecular weight is 531 g/mol. The Bertz CT molecular complexity index is 823. The lowest BCUT2D eigenvalue weighted by molar-refractivity contribution is 0.182. The predicted octanol–water partition coefficient (Wildman–Crippen LogP) is 3.75. The highest BCUT2D eigenvalue weighted by molar-refractivity contribution is 14.0. The largest absolute Gasteiger partial charge is 0.493 e. The molecule has 2 aromatic rings. The second-order valence-electron chi connectivity index (χ2n) is 6.48. The molecule has 1 aromatic carbocycles. The minimum Gasteiger partial charge on any atom is -0.493 e. The van der Waals surface area contributed by atoms with Crippen LogP contribution in [0.2, 0.25) is 0 Å². The van der Waals surface area contributed by atoms with Gasteiger partial charge in [0, 0.05) is 36.7 Å². The van der Waals surface area contributed by atoms with Gasteiger partial charge in [0.15, 0.2) is 17.5 Å². The fourth-order valence-electron chi connectivity index (χ4n) is 2.98. The first-order valence-corrected chi connectivity index (χ1v) is 9.91. The Labute approximate surface area is 196 Å². The molecule has 1 aromatic heterocycles. The van der Waals surface area contributed by atoms with Crippen molar-refractivity contribution in [2.75, 3.05) is 39.3 Å². The van der Waals surface area contributed by atoms with E-state index < -0.39 is 0 Å². The van der Waals surface area contributed by atoms with Gasteiger partial charge in [-0.2, -0.15) is 5.10 Å². The Hall–Kier alpha value is -2.01. The zero-order chi connectivity index (χ0) is 21.2. The number of rotatable bonds is 10. The molecule has 0 atom stereocenters. The van der Waals surface area contributed by atoms with Crippen LogP contribution in [-0.4, -0.2) is 49.7 Å². The zero-order valence-corrected chi connectivity index (χ0v) is 21.1. The van der Waals surface area contributed by atoms with E-state index in [0.29, 0.717) is 31.5 Å². The molecule has 8 nitrogen and oxygen atoms in total. The minimum atomic E-state index is 0. The van der Waals surface area contributed by atoms with Crippen LogP contribution in [0.3, 0.4) is 0 Å². The molecule has 0 saturated heterocycles. The molecular formula is C21H34IN5O3. The second-order valence-corrected chi connectivity index (χ2v) is 6.48. The number of nitrogens with one attached hydrogen (secondary N) is 2. The lowest BCUT2D eigenvalue weighted by Crippen LogP contribution is -2.30. The van der Waals surface area contributed by atoms with Crippen LogP contribution in [0.25, 0.3) is 0 Å². The fraction of sp³-hybridized carbons (Fsp3) is 0.524. The highest BCUT2D eigenvalue weighted by Crippen LogP contribution is 2.30. The molecule has 0 radical (unpaired) electrons. The molecule has 0 amide bonds. The van der Waals surface area contributed by atoms with Crippen LogP contribution in [0.1, 0.15) is 30.8 Å². The van der Waals surface area contributed by atoms with Gasteiger partial charge in [-0.05, 0) is 39.8 Å². The van der Waals surface area contributed by atoms with Crippen LogP contribution in [0, 0.1) is 13.8 Å². The molecule has 30 heavy (non-hydrogen) atoms. The van der Waals surface area contributed by atoms with Crippen molar-refractivity contribution in [1.82, 2.24) is 15.1 Å². The minimum absolute atomic E-state index is 0. The van der Waals surface area contributed by atoms with Crippen molar-refractivity contribution in [2.24, 2.45) is 4.99 Å². The van der Waals surface area contributed by atoms with E-state index >= 15 is 0 Å². The normalized spacial score (nSPS) is 11.1. The van der Waals surface area contributed by atoms with Crippen molar-refractivity contribution in [2.45, 2.75) is 40.8 Å². The number of halogens is 1. The third-order valence-corrected chi connectivity index (χ3v) is 4.50. The molecule has 2 rings (SSSR count). The first-order valence-electron chi connectivity index (χ1n) is 9.91. The van der Waals surface area contributed by atoms with E-state index in [1.165, 1.54) is 0 Å². The number of ether oxygens (including phenoxy) is 3. The second kappa shape index (κ2) is 13.3. The van der Waals surface area contributed by atoms with E-state index in [1.807, 2.05) is 43.7 Å². The summed E-state index contributed by atoms with van der Waals surface area (Å²) in [7, 11) is 3.33. The number of guanidine groups is 1. The molecule has 1 heterocycles. The number of hydrogen-bond donors (Lipinski definition) is 2. The Morgan fingerprint density at radius 3 is 2.57 bits per heavy atom. The molecule has 0 fully saturated rings. The Morgan fingerprint density at radius 2 is 1.93 bits per heavy atom.